The molecule has 180 valence electrons. The number of carbonyl (C=O) groups excluding carboxylic acids is 1. The molecule has 2 aromatic rings. The first kappa shape index (κ1) is 25.2. The van der Waals surface area contributed by atoms with Crippen LogP contribution in [0.3, 0.4) is 0 Å². The van der Waals surface area contributed by atoms with E-state index >= 15 is 0 Å². The molecule has 0 radical (unpaired) electrons. The standard InChI is InChI=1S/C23H29O9P/c1-14-5-6-15(11-22(14)31-32-33(25,26)27)19-12-16(28-2)7-9-18(19)23(24)20-13-17(29-3)8-10-21(20)30-4/h5-6,8,10-11,13,16,18-19H,7,9,12H2,1-4H3,(H2,25,26,27). The molecule has 2 N–H and O–H groups in total. The van der Waals surface area contributed by atoms with Crippen molar-refractivity contribution in [2.75, 3.05) is 21.3 Å². The number of benzene rings is 2. The number of hydrogen-bond acceptors (Lipinski definition) is 7. The molecular formula is C23H29O9P. The minimum Gasteiger partial charge on any atom is -0.497 e. The van der Waals surface area contributed by atoms with Gasteiger partial charge in [0.05, 0.1) is 25.9 Å². The number of hydrogen-bond donors (Lipinski definition) is 2. The van der Waals surface area contributed by atoms with Crippen molar-refractivity contribution in [3.05, 3.63) is 53.1 Å². The number of carbonyl (C=O) groups is 1. The first-order valence-corrected chi connectivity index (χ1v) is 12.0. The Labute approximate surface area is 192 Å². The van der Waals surface area contributed by atoms with Crippen LogP contribution in [0.4, 0.5) is 0 Å². The molecule has 1 fully saturated rings. The topological polar surface area (TPSA) is 121 Å². The maximum Gasteiger partial charge on any atom is 0.505 e. The Morgan fingerprint density at radius 2 is 1.76 bits per heavy atom. The molecule has 0 heterocycles. The van der Waals surface area contributed by atoms with Gasteiger partial charge in [-0.05, 0) is 67.5 Å². The number of rotatable bonds is 9. The second-order valence-corrected chi connectivity index (χ2v) is 9.12. The Balaban J connectivity index is 1.98. The molecule has 9 nitrogen and oxygen atoms in total. The molecule has 3 unspecified atom stereocenters. The van der Waals surface area contributed by atoms with Gasteiger partial charge in [-0.1, -0.05) is 16.8 Å². The van der Waals surface area contributed by atoms with E-state index in [1.165, 1.54) is 14.2 Å². The quantitative estimate of drug-likeness (QED) is 0.235. The summed E-state index contributed by atoms with van der Waals surface area (Å²) < 4.78 is 31.6. The second-order valence-electron chi connectivity index (χ2n) is 7.99. The van der Waals surface area contributed by atoms with Gasteiger partial charge < -0.3 is 28.9 Å². The summed E-state index contributed by atoms with van der Waals surface area (Å²) in [7, 11) is -0.120. The molecule has 33 heavy (non-hydrogen) atoms. The van der Waals surface area contributed by atoms with E-state index in [-0.39, 0.29) is 29.5 Å². The molecule has 0 bridgehead atoms. The lowest BCUT2D eigenvalue weighted by Crippen LogP contribution is -2.32. The van der Waals surface area contributed by atoms with E-state index in [1.54, 1.807) is 44.4 Å². The summed E-state index contributed by atoms with van der Waals surface area (Å²) in [5.74, 6) is 0.541. The summed E-state index contributed by atoms with van der Waals surface area (Å²) in [5, 5.41) is 0. The highest BCUT2D eigenvalue weighted by Crippen LogP contribution is 2.44. The van der Waals surface area contributed by atoms with Crippen molar-refractivity contribution in [1.82, 2.24) is 0 Å². The third-order valence-corrected chi connectivity index (χ3v) is 6.28. The predicted molar refractivity (Wildman–Crippen MR) is 120 cm³/mol. The Bertz CT molecular complexity index is 1030. The zero-order valence-corrected chi connectivity index (χ0v) is 19.9. The van der Waals surface area contributed by atoms with E-state index < -0.39 is 7.82 Å². The first-order valence-electron chi connectivity index (χ1n) is 10.5. The fourth-order valence-electron chi connectivity index (χ4n) is 4.26. The second kappa shape index (κ2) is 10.7. The zero-order valence-electron chi connectivity index (χ0n) is 19.0. The van der Waals surface area contributed by atoms with Gasteiger partial charge in [-0.15, -0.1) is 0 Å². The van der Waals surface area contributed by atoms with Gasteiger partial charge in [0, 0.05) is 13.0 Å². The van der Waals surface area contributed by atoms with Crippen LogP contribution in [0.2, 0.25) is 0 Å². The van der Waals surface area contributed by atoms with Crippen molar-refractivity contribution in [2.45, 2.75) is 38.2 Å². The van der Waals surface area contributed by atoms with Crippen molar-refractivity contribution in [1.29, 1.82) is 0 Å². The SMILES string of the molecule is COc1ccc(OC)c(C(=O)C2CCC(OC)CC2c2ccc(C)c(OOP(=O)(O)O)c2)c1. The molecule has 3 atom stereocenters. The van der Waals surface area contributed by atoms with Gasteiger partial charge in [-0.2, -0.15) is 0 Å². The van der Waals surface area contributed by atoms with Gasteiger partial charge >= 0.3 is 7.82 Å². The maximum atomic E-state index is 13.7. The Morgan fingerprint density at radius 3 is 2.39 bits per heavy atom. The van der Waals surface area contributed by atoms with Crippen molar-refractivity contribution < 1.29 is 42.9 Å². The molecule has 0 saturated heterocycles. The molecule has 3 rings (SSSR count). The molecule has 0 aromatic heterocycles. The number of ether oxygens (including phenoxy) is 3. The highest BCUT2D eigenvalue weighted by Gasteiger charge is 2.38. The Kier molecular flexibility index (Phi) is 8.15. The maximum absolute atomic E-state index is 13.7. The van der Waals surface area contributed by atoms with E-state index in [0.29, 0.717) is 35.5 Å². The average Bonchev–Trinajstić information content (AvgIpc) is 2.81. The zero-order chi connectivity index (χ0) is 24.2. The number of ketones is 1. The van der Waals surface area contributed by atoms with Crippen LogP contribution in [0.5, 0.6) is 17.2 Å². The fraction of sp³-hybridized carbons (Fsp3) is 0.435. The predicted octanol–water partition coefficient (Wildman–Crippen LogP) is 4.20. The summed E-state index contributed by atoms with van der Waals surface area (Å²) in [4.78, 5) is 36.6. The van der Waals surface area contributed by atoms with Crippen LogP contribution in [0.1, 0.15) is 46.7 Å². The van der Waals surface area contributed by atoms with Crippen molar-refractivity contribution in [3.8, 4) is 17.2 Å². The van der Waals surface area contributed by atoms with Crippen molar-refractivity contribution in [2.24, 2.45) is 5.92 Å². The molecule has 10 heteroatoms. The van der Waals surface area contributed by atoms with Gasteiger partial charge in [0.15, 0.2) is 11.5 Å². The smallest absolute Gasteiger partial charge is 0.497 e. The highest BCUT2D eigenvalue weighted by atomic mass is 31.2. The van der Waals surface area contributed by atoms with E-state index in [2.05, 4.69) is 4.67 Å². The van der Waals surface area contributed by atoms with Crippen LogP contribution in [0, 0.1) is 12.8 Å². The molecule has 1 saturated carbocycles. The minimum absolute atomic E-state index is 0.0247. The molecule has 1 aliphatic rings. The highest BCUT2D eigenvalue weighted by molar-refractivity contribution is 7.46. The van der Waals surface area contributed by atoms with Crippen LogP contribution >= 0.6 is 7.82 Å². The van der Waals surface area contributed by atoms with Crippen LogP contribution < -0.4 is 14.4 Å². The summed E-state index contributed by atoms with van der Waals surface area (Å²) in [5.41, 5.74) is 1.85. The molecule has 0 amide bonds. The normalized spacial score (nSPS) is 20.8. The molecule has 0 spiro atoms. The van der Waals surface area contributed by atoms with E-state index in [9.17, 15) is 9.36 Å². The number of aryl methyl sites for hydroxylation is 1. The Morgan fingerprint density at radius 1 is 1.00 bits per heavy atom. The first-order chi connectivity index (χ1) is 15.7. The number of phosphoric acid groups is 1. The number of Topliss-reactive ketones (excluding diaryl/α,β-unsaturated/α-hetero) is 1. The fourth-order valence-corrected chi connectivity index (χ4v) is 4.44. The summed E-state index contributed by atoms with van der Waals surface area (Å²) in [6.07, 6.45) is 1.90. The largest absolute Gasteiger partial charge is 0.505 e. The van der Waals surface area contributed by atoms with Crippen LogP contribution in [0.25, 0.3) is 0 Å². The van der Waals surface area contributed by atoms with Gasteiger partial charge in [0.1, 0.15) is 11.5 Å². The Hall–Kier alpha value is -2.42. The van der Waals surface area contributed by atoms with E-state index in [0.717, 1.165) is 12.0 Å². The average molecular weight is 480 g/mol. The van der Waals surface area contributed by atoms with Gasteiger partial charge in [-0.25, -0.2) is 4.57 Å². The van der Waals surface area contributed by atoms with Gasteiger partial charge in [-0.3, -0.25) is 4.79 Å². The lowest BCUT2D eigenvalue weighted by molar-refractivity contribution is -0.123. The minimum atomic E-state index is -4.82. The summed E-state index contributed by atoms with van der Waals surface area (Å²) in [6.45, 7) is 1.73. The lowest BCUT2D eigenvalue weighted by Gasteiger charge is -2.35. The third kappa shape index (κ3) is 6.13. The monoisotopic (exact) mass is 480 g/mol. The molecule has 0 aliphatic heterocycles. The lowest BCUT2D eigenvalue weighted by atomic mass is 9.71. The number of methoxy groups -OCH3 is 3. The van der Waals surface area contributed by atoms with Gasteiger partial charge in [0.2, 0.25) is 0 Å². The van der Waals surface area contributed by atoms with Crippen LogP contribution in [-0.4, -0.2) is 43.0 Å². The van der Waals surface area contributed by atoms with Crippen LogP contribution in [-0.2, 0) is 14.0 Å². The van der Waals surface area contributed by atoms with Gasteiger partial charge in [0.25, 0.3) is 0 Å². The third-order valence-electron chi connectivity index (χ3n) is 6.01. The van der Waals surface area contributed by atoms with E-state index in [4.69, 9.17) is 28.9 Å². The molecule has 1 aliphatic carbocycles. The van der Waals surface area contributed by atoms with Crippen molar-refractivity contribution >= 4 is 13.6 Å². The van der Waals surface area contributed by atoms with E-state index in [1.807, 2.05) is 6.07 Å². The van der Waals surface area contributed by atoms with Crippen LogP contribution in [0.15, 0.2) is 36.4 Å². The van der Waals surface area contributed by atoms with Crippen molar-refractivity contribution in [3.63, 3.8) is 0 Å². The summed E-state index contributed by atoms with van der Waals surface area (Å²) >= 11 is 0. The summed E-state index contributed by atoms with van der Waals surface area (Å²) in [6, 6.07) is 10.4. The molecule has 2 aromatic carbocycles. The molecular weight excluding hydrogens is 451 g/mol.